The minimum Gasteiger partial charge on any atom is -0.460 e. The summed E-state index contributed by atoms with van der Waals surface area (Å²) in [5.41, 5.74) is -0.387. The Morgan fingerprint density at radius 1 is 1.18 bits per heavy atom. The van der Waals surface area contributed by atoms with Gasteiger partial charge in [0.2, 0.25) is 0 Å². The van der Waals surface area contributed by atoms with Gasteiger partial charge < -0.3 is 25.0 Å². The summed E-state index contributed by atoms with van der Waals surface area (Å²) in [4.78, 5) is 22.7. The maximum absolute atomic E-state index is 15.0. The van der Waals surface area contributed by atoms with Gasteiger partial charge in [0, 0.05) is 25.2 Å². The molecular formula is C27H36F2N6O3. The number of anilines is 4. The van der Waals surface area contributed by atoms with Gasteiger partial charge in [0.1, 0.15) is 11.7 Å². The van der Waals surface area contributed by atoms with Crippen LogP contribution < -0.4 is 15.5 Å². The largest absolute Gasteiger partial charge is 0.460 e. The number of hydrogen-bond donors (Lipinski definition) is 2. The van der Waals surface area contributed by atoms with E-state index in [4.69, 9.17) is 9.47 Å². The molecule has 2 aromatic rings. The second-order valence-corrected chi connectivity index (χ2v) is 10.8. The Kier molecular flexibility index (Phi) is 9.44. The summed E-state index contributed by atoms with van der Waals surface area (Å²) in [6, 6.07) is 3.93. The molecule has 3 rings (SSSR count). The van der Waals surface area contributed by atoms with Crippen molar-refractivity contribution in [2.45, 2.75) is 59.6 Å². The normalized spacial score (nSPS) is 15.5. The first-order chi connectivity index (χ1) is 17.9. The fraction of sp³-hybridized carbons (Fsp3) is 0.556. The van der Waals surface area contributed by atoms with Crippen molar-refractivity contribution in [2.24, 2.45) is 11.8 Å². The zero-order valence-corrected chi connectivity index (χ0v) is 22.8. The maximum atomic E-state index is 15.0. The van der Waals surface area contributed by atoms with Gasteiger partial charge in [0.05, 0.1) is 37.1 Å². The molecule has 2 aromatic heterocycles. The SMILES string of the molecule is CC(C)[C@@H](Nc1nc(Nc2cnc(N3CCOCC3)c(F)c2)c(C#N)cc1F)[C@H](C)CC(=O)OC(C)(C)C. The van der Waals surface area contributed by atoms with Crippen LogP contribution in [0.15, 0.2) is 18.3 Å². The van der Waals surface area contributed by atoms with Crippen LogP contribution in [0.4, 0.5) is 31.9 Å². The number of halogens is 2. The third-order valence-electron chi connectivity index (χ3n) is 6.03. The van der Waals surface area contributed by atoms with E-state index in [0.717, 1.165) is 6.07 Å². The highest BCUT2D eigenvalue weighted by atomic mass is 19.1. The Bertz CT molecular complexity index is 1170. The predicted molar refractivity (Wildman–Crippen MR) is 141 cm³/mol. The van der Waals surface area contributed by atoms with Crippen LogP contribution in [0.3, 0.4) is 0 Å². The van der Waals surface area contributed by atoms with Gasteiger partial charge in [-0.2, -0.15) is 5.26 Å². The minimum absolute atomic E-state index is 0.0201. The third-order valence-corrected chi connectivity index (χ3v) is 6.03. The van der Waals surface area contributed by atoms with Gasteiger partial charge >= 0.3 is 5.97 Å². The lowest BCUT2D eigenvalue weighted by Gasteiger charge is -2.30. The van der Waals surface area contributed by atoms with E-state index in [-0.39, 0.29) is 59.0 Å². The molecule has 0 spiro atoms. The van der Waals surface area contributed by atoms with Crippen LogP contribution in [-0.2, 0) is 14.3 Å². The molecule has 0 radical (unpaired) electrons. The van der Waals surface area contributed by atoms with Gasteiger partial charge in [-0.3, -0.25) is 4.79 Å². The van der Waals surface area contributed by atoms with Crippen molar-refractivity contribution in [1.82, 2.24) is 9.97 Å². The Hall–Kier alpha value is -3.52. The summed E-state index contributed by atoms with van der Waals surface area (Å²) in [5.74, 6) is -1.59. The first kappa shape index (κ1) is 29.0. The monoisotopic (exact) mass is 530 g/mol. The molecule has 11 heteroatoms. The first-order valence-corrected chi connectivity index (χ1v) is 12.7. The number of rotatable bonds is 9. The molecule has 0 unspecified atom stereocenters. The minimum atomic E-state index is -0.714. The van der Waals surface area contributed by atoms with Crippen molar-refractivity contribution in [3.8, 4) is 6.07 Å². The number of hydrogen-bond acceptors (Lipinski definition) is 9. The maximum Gasteiger partial charge on any atom is 0.306 e. The number of morpholine rings is 1. The lowest BCUT2D eigenvalue weighted by molar-refractivity contribution is -0.156. The molecule has 1 aliphatic heterocycles. The molecule has 0 amide bonds. The van der Waals surface area contributed by atoms with Gasteiger partial charge in [0.15, 0.2) is 29.1 Å². The van der Waals surface area contributed by atoms with Crippen LogP contribution in [-0.4, -0.2) is 53.9 Å². The molecular weight excluding hydrogens is 494 g/mol. The summed E-state index contributed by atoms with van der Waals surface area (Å²) < 4.78 is 40.5. The standard InChI is InChI=1S/C27H36F2N6O3/c1-16(2)23(17(3)11-22(36)38-27(4,5)6)33-25-20(28)12-18(14-30)24(34-25)32-19-13-21(29)26(31-15-19)35-7-9-37-10-8-35/h12-13,15-17,23H,7-11H2,1-6H3,(H2,32,33,34)/t17-,23-/m1/s1. The average Bonchev–Trinajstić information content (AvgIpc) is 2.83. The summed E-state index contributed by atoms with van der Waals surface area (Å²) >= 11 is 0. The summed E-state index contributed by atoms with van der Waals surface area (Å²) in [6.45, 7) is 13.3. The number of ether oxygens (including phenoxy) is 2. The van der Waals surface area contributed by atoms with Crippen LogP contribution in [0.5, 0.6) is 0 Å². The third kappa shape index (κ3) is 7.74. The summed E-state index contributed by atoms with van der Waals surface area (Å²) in [7, 11) is 0. The van der Waals surface area contributed by atoms with E-state index >= 15 is 0 Å². The second kappa shape index (κ2) is 12.3. The van der Waals surface area contributed by atoms with Crippen molar-refractivity contribution >= 4 is 29.1 Å². The Morgan fingerprint density at radius 2 is 1.87 bits per heavy atom. The summed E-state index contributed by atoms with van der Waals surface area (Å²) in [6.07, 6.45) is 1.57. The molecule has 1 saturated heterocycles. The number of nitriles is 1. The highest BCUT2D eigenvalue weighted by Gasteiger charge is 2.27. The van der Waals surface area contributed by atoms with Crippen LogP contribution in [0.1, 0.15) is 53.5 Å². The highest BCUT2D eigenvalue weighted by molar-refractivity contribution is 5.70. The van der Waals surface area contributed by atoms with E-state index in [2.05, 4.69) is 20.6 Å². The van der Waals surface area contributed by atoms with Gasteiger partial charge in [0.25, 0.3) is 0 Å². The van der Waals surface area contributed by atoms with Crippen molar-refractivity contribution < 1.29 is 23.0 Å². The van der Waals surface area contributed by atoms with E-state index in [9.17, 15) is 18.8 Å². The number of esters is 1. The van der Waals surface area contributed by atoms with Crippen LogP contribution in [0.2, 0.25) is 0 Å². The Balaban J connectivity index is 1.81. The Morgan fingerprint density at radius 3 is 2.45 bits per heavy atom. The molecule has 2 atom stereocenters. The molecule has 1 aliphatic rings. The zero-order chi connectivity index (χ0) is 28.0. The smallest absolute Gasteiger partial charge is 0.306 e. The summed E-state index contributed by atoms with van der Waals surface area (Å²) in [5, 5.41) is 15.6. The molecule has 0 bridgehead atoms. The van der Waals surface area contributed by atoms with E-state index in [1.165, 1.54) is 12.3 Å². The van der Waals surface area contributed by atoms with E-state index in [1.807, 2.05) is 26.8 Å². The van der Waals surface area contributed by atoms with E-state index < -0.39 is 17.2 Å². The fourth-order valence-corrected chi connectivity index (χ4v) is 4.31. The van der Waals surface area contributed by atoms with Gasteiger partial charge in [-0.05, 0) is 38.7 Å². The number of pyridine rings is 2. The van der Waals surface area contributed by atoms with E-state index in [1.54, 1.807) is 25.7 Å². The fourth-order valence-electron chi connectivity index (χ4n) is 4.31. The van der Waals surface area contributed by atoms with Gasteiger partial charge in [-0.25, -0.2) is 18.7 Å². The highest BCUT2D eigenvalue weighted by Crippen LogP contribution is 2.28. The topological polar surface area (TPSA) is 112 Å². The predicted octanol–water partition coefficient (Wildman–Crippen LogP) is 5.01. The molecule has 0 aliphatic carbocycles. The van der Waals surface area contributed by atoms with Crippen LogP contribution in [0.25, 0.3) is 0 Å². The number of aromatic nitrogens is 2. The van der Waals surface area contributed by atoms with Gasteiger partial charge in [-0.1, -0.05) is 20.8 Å². The number of nitrogens with zero attached hydrogens (tertiary/aromatic N) is 4. The van der Waals surface area contributed by atoms with E-state index in [0.29, 0.717) is 26.3 Å². The van der Waals surface area contributed by atoms with Gasteiger partial charge in [-0.15, -0.1) is 0 Å². The number of carbonyl (C=O) groups is 1. The molecule has 3 heterocycles. The average molecular weight is 531 g/mol. The zero-order valence-electron chi connectivity index (χ0n) is 22.8. The Labute approximate surface area is 222 Å². The van der Waals surface area contributed by atoms with Crippen LogP contribution in [0, 0.1) is 34.8 Å². The number of carbonyl (C=O) groups excluding carboxylic acids is 1. The van der Waals surface area contributed by atoms with Crippen molar-refractivity contribution in [1.29, 1.82) is 5.26 Å². The number of nitrogens with one attached hydrogen (secondary N) is 2. The van der Waals surface area contributed by atoms with Crippen molar-refractivity contribution in [3.05, 3.63) is 35.5 Å². The van der Waals surface area contributed by atoms with Crippen molar-refractivity contribution in [3.63, 3.8) is 0 Å². The molecule has 0 aromatic carbocycles. The quantitative estimate of drug-likeness (QED) is 0.432. The lowest BCUT2D eigenvalue weighted by Crippen LogP contribution is -2.37. The molecule has 206 valence electrons. The lowest BCUT2D eigenvalue weighted by atomic mass is 9.89. The second-order valence-electron chi connectivity index (χ2n) is 10.8. The molecule has 1 fully saturated rings. The van der Waals surface area contributed by atoms with Crippen molar-refractivity contribution in [2.75, 3.05) is 41.8 Å². The first-order valence-electron chi connectivity index (χ1n) is 12.7. The molecule has 38 heavy (non-hydrogen) atoms. The van der Waals surface area contributed by atoms with Crippen LogP contribution >= 0.6 is 0 Å². The molecule has 2 N–H and O–H groups in total. The molecule has 9 nitrogen and oxygen atoms in total. The molecule has 0 saturated carbocycles.